The number of nitrogens with one attached hydrogen (secondary N) is 1. The number of benzene rings is 1. The second-order valence-electron chi connectivity index (χ2n) is 4.11. The highest BCUT2D eigenvalue weighted by molar-refractivity contribution is 6.34. The van der Waals surface area contributed by atoms with E-state index in [4.69, 9.17) is 26.8 Å². The number of hydrogen-bond acceptors (Lipinski definition) is 5. The third kappa shape index (κ3) is 3.35. The van der Waals surface area contributed by atoms with Gasteiger partial charge < -0.3 is 20.5 Å². The van der Waals surface area contributed by atoms with Crippen molar-refractivity contribution in [1.29, 1.82) is 0 Å². The third-order valence-electron chi connectivity index (χ3n) is 2.78. The van der Waals surface area contributed by atoms with E-state index in [2.05, 4.69) is 10.3 Å². The molecule has 0 radical (unpaired) electrons. The van der Waals surface area contributed by atoms with Gasteiger partial charge in [0.2, 0.25) is 0 Å². The number of amides is 1. The van der Waals surface area contributed by atoms with Gasteiger partial charge in [0.05, 0.1) is 30.5 Å². The van der Waals surface area contributed by atoms with Crippen molar-refractivity contribution < 1.29 is 14.3 Å². The van der Waals surface area contributed by atoms with Crippen molar-refractivity contribution in [3.63, 3.8) is 0 Å². The van der Waals surface area contributed by atoms with Gasteiger partial charge in [-0.25, -0.2) is 4.98 Å². The highest BCUT2D eigenvalue weighted by Crippen LogP contribution is 2.30. The number of aromatic nitrogens is 1. The van der Waals surface area contributed by atoms with Crippen molar-refractivity contribution in [3.8, 4) is 11.5 Å². The summed E-state index contributed by atoms with van der Waals surface area (Å²) in [6.07, 6.45) is 1.33. The number of halogens is 1. The van der Waals surface area contributed by atoms with Crippen LogP contribution in [-0.2, 0) is 0 Å². The zero-order valence-corrected chi connectivity index (χ0v) is 12.3. The normalized spacial score (nSPS) is 10.0. The van der Waals surface area contributed by atoms with Crippen LogP contribution < -0.4 is 20.5 Å². The zero-order chi connectivity index (χ0) is 15.4. The molecule has 110 valence electrons. The van der Waals surface area contributed by atoms with E-state index in [1.165, 1.54) is 19.4 Å². The van der Waals surface area contributed by atoms with E-state index in [0.29, 0.717) is 17.2 Å². The molecule has 0 atom stereocenters. The molecule has 0 aliphatic rings. The average molecular weight is 308 g/mol. The van der Waals surface area contributed by atoms with Crippen LogP contribution in [-0.4, -0.2) is 25.1 Å². The number of rotatable bonds is 4. The number of nitrogen functional groups attached to an aromatic ring is 1. The molecule has 1 aromatic carbocycles. The van der Waals surface area contributed by atoms with Crippen molar-refractivity contribution in [3.05, 3.63) is 41.0 Å². The van der Waals surface area contributed by atoms with Gasteiger partial charge in [0.1, 0.15) is 17.3 Å². The van der Waals surface area contributed by atoms with E-state index in [0.717, 1.165) is 0 Å². The van der Waals surface area contributed by atoms with Gasteiger partial charge >= 0.3 is 0 Å². The highest BCUT2D eigenvalue weighted by Gasteiger charge is 2.14. The lowest BCUT2D eigenvalue weighted by molar-refractivity contribution is 0.102. The molecule has 0 aliphatic heterocycles. The van der Waals surface area contributed by atoms with Crippen LogP contribution in [0.2, 0.25) is 5.02 Å². The van der Waals surface area contributed by atoms with Crippen molar-refractivity contribution in [2.45, 2.75) is 0 Å². The fourth-order valence-corrected chi connectivity index (χ4v) is 1.91. The zero-order valence-electron chi connectivity index (χ0n) is 11.5. The molecule has 7 heteroatoms. The number of methoxy groups -OCH3 is 2. The fraction of sp³-hybridized carbons (Fsp3) is 0.143. The van der Waals surface area contributed by atoms with E-state index in [9.17, 15) is 4.79 Å². The predicted molar refractivity (Wildman–Crippen MR) is 81.2 cm³/mol. The Labute approximate surface area is 126 Å². The summed E-state index contributed by atoms with van der Waals surface area (Å²) in [5, 5.41) is 2.93. The van der Waals surface area contributed by atoms with Gasteiger partial charge in [0.25, 0.3) is 5.91 Å². The number of anilines is 2. The standard InChI is InChI=1S/C14H14ClN3O3/c1-20-8-3-4-11(12(5-8)21-2)18-14(19)9-6-13(16)17-7-10(9)15/h3-7H,1-2H3,(H2,16,17)(H,18,19). The van der Waals surface area contributed by atoms with E-state index in [1.54, 1.807) is 25.3 Å². The first-order chi connectivity index (χ1) is 10.0. The number of ether oxygens (including phenoxy) is 2. The van der Waals surface area contributed by atoms with E-state index < -0.39 is 5.91 Å². The summed E-state index contributed by atoms with van der Waals surface area (Å²) in [7, 11) is 3.05. The number of hydrogen-bond donors (Lipinski definition) is 2. The second kappa shape index (κ2) is 6.32. The first-order valence-electron chi connectivity index (χ1n) is 5.99. The molecule has 2 rings (SSSR count). The van der Waals surface area contributed by atoms with Crippen LogP contribution in [0.4, 0.5) is 11.5 Å². The van der Waals surface area contributed by atoms with Crippen LogP contribution in [0.5, 0.6) is 11.5 Å². The number of pyridine rings is 1. The van der Waals surface area contributed by atoms with Gasteiger partial charge in [0.15, 0.2) is 0 Å². The summed E-state index contributed by atoms with van der Waals surface area (Å²) in [6, 6.07) is 6.46. The molecule has 3 N–H and O–H groups in total. The molecule has 0 saturated carbocycles. The summed E-state index contributed by atoms with van der Waals surface area (Å²) in [5.74, 6) is 0.903. The Bertz CT molecular complexity index is 677. The summed E-state index contributed by atoms with van der Waals surface area (Å²) >= 11 is 5.95. The van der Waals surface area contributed by atoms with Crippen LogP contribution in [0.1, 0.15) is 10.4 Å². The Morgan fingerprint density at radius 1 is 1.29 bits per heavy atom. The van der Waals surface area contributed by atoms with Crippen LogP contribution in [0.3, 0.4) is 0 Å². The molecular formula is C14H14ClN3O3. The Hall–Kier alpha value is -2.47. The van der Waals surface area contributed by atoms with Crippen molar-refractivity contribution in [1.82, 2.24) is 4.98 Å². The third-order valence-corrected chi connectivity index (χ3v) is 3.08. The Kier molecular flexibility index (Phi) is 4.49. The van der Waals surface area contributed by atoms with Crippen molar-refractivity contribution >= 4 is 29.0 Å². The van der Waals surface area contributed by atoms with Crippen LogP contribution >= 0.6 is 11.6 Å². The van der Waals surface area contributed by atoms with Crippen LogP contribution in [0, 0.1) is 0 Å². The lowest BCUT2D eigenvalue weighted by Crippen LogP contribution is -2.14. The van der Waals surface area contributed by atoms with Crippen LogP contribution in [0.15, 0.2) is 30.5 Å². The number of carbonyl (C=O) groups is 1. The topological polar surface area (TPSA) is 86.5 Å². The van der Waals surface area contributed by atoms with Crippen molar-refractivity contribution in [2.24, 2.45) is 0 Å². The van der Waals surface area contributed by atoms with Gasteiger partial charge in [0, 0.05) is 12.3 Å². The largest absolute Gasteiger partial charge is 0.497 e. The Morgan fingerprint density at radius 3 is 2.71 bits per heavy atom. The van der Waals surface area contributed by atoms with Gasteiger partial charge in [-0.05, 0) is 18.2 Å². The van der Waals surface area contributed by atoms with Gasteiger partial charge in [-0.15, -0.1) is 0 Å². The summed E-state index contributed by atoms with van der Waals surface area (Å²) in [4.78, 5) is 16.1. The fourth-order valence-electron chi connectivity index (χ4n) is 1.72. The maximum absolute atomic E-state index is 12.2. The first-order valence-corrected chi connectivity index (χ1v) is 6.37. The molecule has 0 bridgehead atoms. The van der Waals surface area contributed by atoms with Crippen LogP contribution in [0.25, 0.3) is 0 Å². The molecule has 6 nitrogen and oxygen atoms in total. The maximum atomic E-state index is 12.2. The summed E-state index contributed by atoms with van der Waals surface area (Å²) < 4.78 is 10.3. The minimum Gasteiger partial charge on any atom is -0.497 e. The molecule has 1 aromatic heterocycles. The molecule has 0 fully saturated rings. The minimum atomic E-state index is -0.405. The number of nitrogens with zero attached hydrogens (tertiary/aromatic N) is 1. The van der Waals surface area contributed by atoms with Crippen molar-refractivity contribution in [2.75, 3.05) is 25.3 Å². The van der Waals surface area contributed by atoms with Gasteiger partial charge in [-0.1, -0.05) is 11.6 Å². The Balaban J connectivity index is 2.29. The average Bonchev–Trinajstić information content (AvgIpc) is 2.49. The van der Waals surface area contributed by atoms with Gasteiger partial charge in [-0.3, -0.25) is 4.79 Å². The molecule has 21 heavy (non-hydrogen) atoms. The molecule has 2 aromatic rings. The second-order valence-corrected chi connectivity index (χ2v) is 4.52. The highest BCUT2D eigenvalue weighted by atomic mass is 35.5. The number of carbonyl (C=O) groups excluding carboxylic acids is 1. The molecule has 1 heterocycles. The first kappa shape index (κ1) is 14.9. The van der Waals surface area contributed by atoms with Gasteiger partial charge in [-0.2, -0.15) is 0 Å². The maximum Gasteiger partial charge on any atom is 0.257 e. The molecule has 0 aliphatic carbocycles. The predicted octanol–water partition coefficient (Wildman–Crippen LogP) is 2.59. The smallest absolute Gasteiger partial charge is 0.257 e. The quantitative estimate of drug-likeness (QED) is 0.906. The molecular weight excluding hydrogens is 294 g/mol. The summed E-state index contributed by atoms with van der Waals surface area (Å²) in [5.41, 5.74) is 6.29. The monoisotopic (exact) mass is 307 g/mol. The summed E-state index contributed by atoms with van der Waals surface area (Å²) in [6.45, 7) is 0. The molecule has 1 amide bonds. The van der Waals surface area contributed by atoms with E-state index >= 15 is 0 Å². The molecule has 0 saturated heterocycles. The molecule has 0 spiro atoms. The van der Waals surface area contributed by atoms with E-state index in [1.807, 2.05) is 0 Å². The number of nitrogens with two attached hydrogens (primary N) is 1. The van der Waals surface area contributed by atoms with E-state index in [-0.39, 0.29) is 16.4 Å². The lowest BCUT2D eigenvalue weighted by Gasteiger charge is -2.12. The SMILES string of the molecule is COc1ccc(NC(=O)c2cc(N)ncc2Cl)c(OC)c1. The molecule has 0 unspecified atom stereocenters. The Morgan fingerprint density at radius 2 is 2.05 bits per heavy atom. The lowest BCUT2D eigenvalue weighted by atomic mass is 10.2. The minimum absolute atomic E-state index is 0.214.